The van der Waals surface area contributed by atoms with Crippen molar-refractivity contribution in [2.75, 3.05) is 6.54 Å². The molecule has 0 radical (unpaired) electrons. The number of halogens is 5. The molecule has 6 nitrogen and oxygen atoms in total. The minimum Gasteiger partial charge on any atom is -0.272 e. The molecule has 34 heavy (non-hydrogen) atoms. The van der Waals surface area contributed by atoms with E-state index in [-0.39, 0.29) is 27.0 Å². The number of amides is 1. The number of benzene rings is 3. The Labute approximate surface area is 215 Å². The first-order valence-electron chi connectivity index (χ1n) is 9.53. The fourth-order valence-corrected chi connectivity index (χ4v) is 5.00. The molecule has 0 saturated heterocycles. The Morgan fingerprint density at radius 1 is 0.971 bits per heavy atom. The zero-order chi connectivity index (χ0) is 24.9. The summed E-state index contributed by atoms with van der Waals surface area (Å²) < 4.78 is 41.3. The maximum atomic E-state index is 13.9. The van der Waals surface area contributed by atoms with Crippen LogP contribution < -0.4 is 5.43 Å². The maximum absolute atomic E-state index is 13.9. The molecule has 0 heterocycles. The average Bonchev–Trinajstić information content (AvgIpc) is 2.77. The van der Waals surface area contributed by atoms with Gasteiger partial charge in [-0.1, -0.05) is 58.5 Å². The second-order valence-electron chi connectivity index (χ2n) is 6.89. The number of hydrogen-bond acceptors (Lipinski definition) is 4. The van der Waals surface area contributed by atoms with Crippen molar-refractivity contribution < 1.29 is 17.6 Å². The number of rotatable bonds is 8. The van der Waals surface area contributed by atoms with Gasteiger partial charge in [-0.25, -0.2) is 18.2 Å². The Hall–Kier alpha value is -2.20. The van der Waals surface area contributed by atoms with Gasteiger partial charge in [0.25, 0.3) is 5.91 Å². The molecule has 0 aliphatic carbocycles. The van der Waals surface area contributed by atoms with E-state index in [0.29, 0.717) is 15.6 Å². The maximum Gasteiger partial charge on any atom is 0.255 e. The SMILES string of the molecule is O=C(CN(Cc1ccc(Cl)cc1Cl)S(=O)(=O)c1ccc(Cl)cc1)N/N=C\c1c(F)cccc1Cl. The first kappa shape index (κ1) is 26.4. The lowest BCUT2D eigenvalue weighted by molar-refractivity contribution is -0.121. The third-order valence-electron chi connectivity index (χ3n) is 4.52. The summed E-state index contributed by atoms with van der Waals surface area (Å²) >= 11 is 23.9. The minimum absolute atomic E-state index is 0.0249. The molecule has 0 saturated carbocycles. The highest BCUT2D eigenvalue weighted by Gasteiger charge is 2.27. The summed E-state index contributed by atoms with van der Waals surface area (Å²) in [5.41, 5.74) is 2.59. The minimum atomic E-state index is -4.14. The Kier molecular flexibility index (Phi) is 8.92. The summed E-state index contributed by atoms with van der Waals surface area (Å²) in [6.45, 7) is -0.830. The predicted molar refractivity (Wildman–Crippen MR) is 133 cm³/mol. The van der Waals surface area contributed by atoms with Crippen molar-refractivity contribution in [3.63, 3.8) is 0 Å². The zero-order valence-corrected chi connectivity index (χ0v) is 21.0. The van der Waals surface area contributed by atoms with Crippen molar-refractivity contribution in [3.05, 3.63) is 97.7 Å². The molecular formula is C22H16Cl4FN3O3S. The number of carbonyl (C=O) groups is 1. The Bertz CT molecular complexity index is 1320. The molecule has 3 aromatic carbocycles. The van der Waals surface area contributed by atoms with E-state index in [1.807, 2.05) is 0 Å². The van der Waals surface area contributed by atoms with Crippen molar-refractivity contribution in [1.29, 1.82) is 0 Å². The van der Waals surface area contributed by atoms with Gasteiger partial charge >= 0.3 is 0 Å². The standard InChI is InChI=1S/C22H16Cl4FN3O3S/c23-15-6-8-17(9-7-15)34(32,33)30(12-14-4-5-16(24)10-20(14)26)13-22(31)29-28-11-18-19(25)2-1-3-21(18)27/h1-11H,12-13H2,(H,29,31)/b28-11-. The van der Waals surface area contributed by atoms with Gasteiger partial charge < -0.3 is 0 Å². The van der Waals surface area contributed by atoms with Gasteiger partial charge in [0.1, 0.15) is 5.82 Å². The molecular weight excluding hydrogens is 547 g/mol. The van der Waals surface area contributed by atoms with E-state index >= 15 is 0 Å². The quantitative estimate of drug-likeness (QED) is 0.279. The largest absolute Gasteiger partial charge is 0.272 e. The van der Waals surface area contributed by atoms with Crippen LogP contribution >= 0.6 is 46.4 Å². The monoisotopic (exact) mass is 561 g/mol. The van der Waals surface area contributed by atoms with Gasteiger partial charge in [-0.05, 0) is 54.1 Å². The second kappa shape index (κ2) is 11.5. The molecule has 0 bridgehead atoms. The summed E-state index contributed by atoms with van der Waals surface area (Å²) in [6.07, 6.45) is 1.03. The summed E-state index contributed by atoms with van der Waals surface area (Å²) in [6, 6.07) is 14.1. The number of nitrogens with one attached hydrogen (secondary N) is 1. The van der Waals surface area contributed by atoms with Crippen molar-refractivity contribution in [2.24, 2.45) is 5.10 Å². The van der Waals surface area contributed by atoms with Gasteiger partial charge in [0.05, 0.1) is 22.7 Å². The molecule has 178 valence electrons. The molecule has 0 aliphatic heterocycles. The molecule has 3 rings (SSSR count). The summed E-state index contributed by atoms with van der Waals surface area (Å²) in [5.74, 6) is -1.40. The Morgan fingerprint density at radius 2 is 1.65 bits per heavy atom. The van der Waals surface area contributed by atoms with Crippen molar-refractivity contribution in [2.45, 2.75) is 11.4 Å². The number of sulfonamides is 1. The Balaban J connectivity index is 1.85. The summed E-state index contributed by atoms with van der Waals surface area (Å²) in [5, 5.41) is 4.75. The van der Waals surface area contributed by atoms with E-state index in [1.54, 1.807) is 12.1 Å². The lowest BCUT2D eigenvalue weighted by Gasteiger charge is -2.22. The highest BCUT2D eigenvalue weighted by atomic mass is 35.5. The van der Waals surface area contributed by atoms with Gasteiger partial charge in [0.15, 0.2) is 0 Å². The molecule has 1 amide bonds. The number of carbonyl (C=O) groups excluding carboxylic acids is 1. The van der Waals surface area contributed by atoms with Crippen molar-refractivity contribution >= 4 is 68.5 Å². The van der Waals surface area contributed by atoms with Crippen LogP contribution in [0.3, 0.4) is 0 Å². The van der Waals surface area contributed by atoms with Crippen molar-refractivity contribution in [1.82, 2.24) is 9.73 Å². The normalized spacial score (nSPS) is 11.8. The predicted octanol–water partition coefficient (Wildman–Crippen LogP) is 5.78. The average molecular weight is 563 g/mol. The number of hydrazone groups is 1. The van der Waals surface area contributed by atoms with Crippen LogP contribution in [0.5, 0.6) is 0 Å². The van der Waals surface area contributed by atoms with E-state index in [0.717, 1.165) is 10.5 Å². The van der Waals surface area contributed by atoms with E-state index in [2.05, 4.69) is 10.5 Å². The van der Waals surface area contributed by atoms with Gasteiger partial charge in [-0.2, -0.15) is 9.41 Å². The smallest absolute Gasteiger partial charge is 0.255 e. The first-order chi connectivity index (χ1) is 16.1. The van der Waals surface area contributed by atoms with Gasteiger partial charge in [0.2, 0.25) is 10.0 Å². The molecule has 0 aromatic heterocycles. The molecule has 12 heteroatoms. The molecule has 1 N–H and O–H groups in total. The first-order valence-corrected chi connectivity index (χ1v) is 12.5. The topological polar surface area (TPSA) is 78.8 Å². The second-order valence-corrected chi connectivity index (χ2v) is 10.5. The van der Waals surface area contributed by atoms with E-state index in [1.165, 1.54) is 48.5 Å². The molecule has 0 unspecified atom stereocenters. The lowest BCUT2D eigenvalue weighted by Crippen LogP contribution is -2.39. The molecule has 3 aromatic rings. The lowest BCUT2D eigenvalue weighted by atomic mass is 10.2. The fraction of sp³-hybridized carbons (Fsp3) is 0.0909. The molecule has 0 atom stereocenters. The van der Waals surface area contributed by atoms with Crippen LogP contribution in [0.2, 0.25) is 20.1 Å². The van der Waals surface area contributed by atoms with Gasteiger partial charge in [-0.15, -0.1) is 0 Å². The Morgan fingerprint density at radius 3 is 2.29 bits per heavy atom. The van der Waals surface area contributed by atoms with E-state index in [9.17, 15) is 17.6 Å². The summed E-state index contributed by atoms with van der Waals surface area (Å²) in [7, 11) is -4.14. The summed E-state index contributed by atoms with van der Waals surface area (Å²) in [4.78, 5) is 12.5. The van der Waals surface area contributed by atoms with Crippen LogP contribution in [0.4, 0.5) is 4.39 Å². The highest BCUT2D eigenvalue weighted by molar-refractivity contribution is 7.89. The molecule has 0 spiro atoms. The number of hydrogen-bond donors (Lipinski definition) is 1. The van der Waals surface area contributed by atoms with Crippen LogP contribution in [0, 0.1) is 5.82 Å². The van der Waals surface area contributed by atoms with Crippen LogP contribution in [-0.2, 0) is 21.4 Å². The third kappa shape index (κ3) is 6.69. The highest BCUT2D eigenvalue weighted by Crippen LogP contribution is 2.26. The van der Waals surface area contributed by atoms with Crippen LogP contribution in [0.25, 0.3) is 0 Å². The van der Waals surface area contributed by atoms with E-state index in [4.69, 9.17) is 46.4 Å². The molecule has 0 fully saturated rings. The van der Waals surface area contributed by atoms with Crippen LogP contribution in [0.1, 0.15) is 11.1 Å². The van der Waals surface area contributed by atoms with Gasteiger partial charge in [0, 0.05) is 27.2 Å². The molecule has 0 aliphatic rings. The van der Waals surface area contributed by atoms with E-state index < -0.39 is 28.3 Å². The number of nitrogens with zero attached hydrogens (tertiary/aromatic N) is 2. The third-order valence-corrected chi connectivity index (χ3v) is 7.49. The van der Waals surface area contributed by atoms with Crippen LogP contribution in [0.15, 0.2) is 70.7 Å². The van der Waals surface area contributed by atoms with Gasteiger partial charge in [-0.3, -0.25) is 4.79 Å². The fourth-order valence-electron chi connectivity index (χ4n) is 2.82. The zero-order valence-electron chi connectivity index (χ0n) is 17.2. The van der Waals surface area contributed by atoms with Crippen molar-refractivity contribution in [3.8, 4) is 0 Å². The van der Waals surface area contributed by atoms with Crippen LogP contribution in [-0.4, -0.2) is 31.4 Å².